The molecule has 0 bridgehead atoms. The van der Waals surface area contributed by atoms with Crippen LogP contribution in [0.25, 0.3) is 0 Å². The van der Waals surface area contributed by atoms with Gasteiger partial charge in [-0.2, -0.15) is 0 Å². The normalized spacial score (nSPS) is 36.8. The number of rotatable bonds is 0. The van der Waals surface area contributed by atoms with Crippen molar-refractivity contribution < 1.29 is 19.7 Å². The summed E-state index contributed by atoms with van der Waals surface area (Å²) in [7, 11) is 0. The zero-order valence-electron chi connectivity index (χ0n) is 9.50. The molecule has 1 aromatic rings. The van der Waals surface area contributed by atoms with E-state index in [0.29, 0.717) is 19.4 Å². The van der Waals surface area contributed by atoms with E-state index in [0.717, 1.165) is 0 Å². The highest BCUT2D eigenvalue weighted by atomic mass is 16.7. The molecule has 3 unspecified atom stereocenters. The molecule has 3 atom stereocenters. The summed E-state index contributed by atoms with van der Waals surface area (Å²) >= 11 is 0. The molecule has 4 heteroatoms. The number of ether oxygens (including phenoxy) is 2. The van der Waals surface area contributed by atoms with Gasteiger partial charge in [-0.15, -0.1) is 0 Å². The molecule has 0 aromatic heterocycles. The van der Waals surface area contributed by atoms with Crippen molar-refractivity contribution in [1.29, 1.82) is 0 Å². The Morgan fingerprint density at radius 1 is 1.06 bits per heavy atom. The number of benzene rings is 1. The van der Waals surface area contributed by atoms with Crippen LogP contribution in [0.15, 0.2) is 24.3 Å². The molecule has 3 rings (SSSR count). The maximum Gasteiger partial charge on any atom is 0.175 e. The van der Waals surface area contributed by atoms with Crippen molar-refractivity contribution in [3.05, 3.63) is 35.4 Å². The van der Waals surface area contributed by atoms with Gasteiger partial charge in [0.05, 0.1) is 19.3 Å². The topological polar surface area (TPSA) is 58.9 Å². The van der Waals surface area contributed by atoms with Gasteiger partial charge in [-0.3, -0.25) is 0 Å². The van der Waals surface area contributed by atoms with E-state index < -0.39 is 18.0 Å². The molecule has 0 saturated carbocycles. The minimum atomic E-state index is -0.804. The van der Waals surface area contributed by atoms with Crippen molar-refractivity contribution in [2.75, 3.05) is 6.61 Å². The predicted octanol–water partition coefficient (Wildman–Crippen LogP) is 0.598. The first kappa shape index (κ1) is 11.2. The first-order valence-corrected chi connectivity index (χ1v) is 5.89. The van der Waals surface area contributed by atoms with Crippen LogP contribution in [0.5, 0.6) is 0 Å². The number of fused-ring (bicyclic) bond motifs is 1. The minimum Gasteiger partial charge on any atom is -0.390 e. The monoisotopic (exact) mass is 236 g/mol. The predicted molar refractivity (Wildman–Crippen MR) is 60.2 cm³/mol. The Balaban J connectivity index is 1.83. The highest BCUT2D eigenvalue weighted by Gasteiger charge is 2.44. The van der Waals surface area contributed by atoms with Crippen LogP contribution < -0.4 is 0 Å². The molecular weight excluding hydrogens is 220 g/mol. The fourth-order valence-electron chi connectivity index (χ4n) is 2.51. The standard InChI is InChI=1S/C13H16O4/c14-11-6-13(17-8-12(11)15)5-9-3-1-2-4-10(9)7-16-13/h1-4,11-12,14-15H,5-8H2. The molecule has 0 radical (unpaired) electrons. The average Bonchev–Trinajstić information content (AvgIpc) is 2.34. The average molecular weight is 236 g/mol. The number of hydrogen-bond acceptors (Lipinski definition) is 4. The molecule has 0 aliphatic carbocycles. The Kier molecular flexibility index (Phi) is 2.67. The molecule has 1 saturated heterocycles. The van der Waals surface area contributed by atoms with Crippen LogP contribution in [0.4, 0.5) is 0 Å². The number of aliphatic hydroxyl groups excluding tert-OH is 2. The lowest BCUT2D eigenvalue weighted by Crippen LogP contribution is -2.53. The van der Waals surface area contributed by atoms with E-state index in [2.05, 4.69) is 6.07 Å². The summed E-state index contributed by atoms with van der Waals surface area (Å²) in [5.74, 6) is -0.757. The highest BCUT2D eigenvalue weighted by molar-refractivity contribution is 5.29. The van der Waals surface area contributed by atoms with E-state index in [-0.39, 0.29) is 6.61 Å². The molecule has 17 heavy (non-hydrogen) atoms. The first-order valence-electron chi connectivity index (χ1n) is 5.89. The van der Waals surface area contributed by atoms with Crippen LogP contribution in [0.1, 0.15) is 17.5 Å². The largest absolute Gasteiger partial charge is 0.390 e. The van der Waals surface area contributed by atoms with Gasteiger partial charge in [0.1, 0.15) is 6.10 Å². The summed E-state index contributed by atoms with van der Waals surface area (Å²) in [6, 6.07) is 8.07. The smallest absolute Gasteiger partial charge is 0.175 e. The van der Waals surface area contributed by atoms with Crippen molar-refractivity contribution in [3.8, 4) is 0 Å². The third-order valence-electron chi connectivity index (χ3n) is 3.55. The van der Waals surface area contributed by atoms with Gasteiger partial charge >= 0.3 is 0 Å². The van der Waals surface area contributed by atoms with Crippen LogP contribution in [0.3, 0.4) is 0 Å². The lowest BCUT2D eigenvalue weighted by molar-refractivity contribution is -0.300. The molecular formula is C13H16O4. The minimum absolute atomic E-state index is 0.128. The molecule has 1 fully saturated rings. The van der Waals surface area contributed by atoms with Crippen molar-refractivity contribution in [3.63, 3.8) is 0 Å². The molecule has 2 aliphatic rings. The summed E-state index contributed by atoms with van der Waals surface area (Å²) in [5, 5.41) is 19.2. The van der Waals surface area contributed by atoms with Gasteiger partial charge in [0, 0.05) is 12.8 Å². The molecule has 1 spiro atoms. The van der Waals surface area contributed by atoms with E-state index in [1.165, 1.54) is 11.1 Å². The van der Waals surface area contributed by atoms with Crippen LogP contribution in [-0.4, -0.2) is 34.8 Å². The number of aliphatic hydroxyl groups is 2. The lowest BCUT2D eigenvalue weighted by Gasteiger charge is -2.43. The van der Waals surface area contributed by atoms with E-state index in [1.54, 1.807) is 0 Å². The van der Waals surface area contributed by atoms with E-state index in [4.69, 9.17) is 9.47 Å². The second-order valence-electron chi connectivity index (χ2n) is 4.79. The van der Waals surface area contributed by atoms with Crippen LogP contribution in [0.2, 0.25) is 0 Å². The zero-order chi connectivity index (χ0) is 11.9. The van der Waals surface area contributed by atoms with Gasteiger partial charge in [-0.25, -0.2) is 0 Å². The first-order chi connectivity index (χ1) is 8.19. The van der Waals surface area contributed by atoms with Crippen LogP contribution >= 0.6 is 0 Å². The summed E-state index contributed by atoms with van der Waals surface area (Å²) in [6.07, 6.45) is -0.620. The molecule has 92 valence electrons. The highest BCUT2D eigenvalue weighted by Crippen LogP contribution is 2.35. The van der Waals surface area contributed by atoms with Gasteiger partial charge in [-0.1, -0.05) is 24.3 Å². The SMILES string of the molecule is OC1COC2(Cc3ccccc3CO2)CC1O. The maximum atomic E-state index is 9.73. The maximum absolute atomic E-state index is 9.73. The fraction of sp³-hybridized carbons (Fsp3) is 0.538. The van der Waals surface area contributed by atoms with Crippen molar-refractivity contribution >= 4 is 0 Å². The van der Waals surface area contributed by atoms with E-state index in [1.807, 2.05) is 18.2 Å². The Morgan fingerprint density at radius 3 is 2.59 bits per heavy atom. The quantitative estimate of drug-likeness (QED) is 0.692. The van der Waals surface area contributed by atoms with Gasteiger partial charge in [0.2, 0.25) is 0 Å². The zero-order valence-corrected chi connectivity index (χ0v) is 9.50. The Hall–Kier alpha value is -0.940. The number of hydrogen-bond donors (Lipinski definition) is 2. The van der Waals surface area contributed by atoms with Gasteiger partial charge in [0.25, 0.3) is 0 Å². The third-order valence-corrected chi connectivity index (χ3v) is 3.55. The van der Waals surface area contributed by atoms with Crippen molar-refractivity contribution in [2.24, 2.45) is 0 Å². The van der Waals surface area contributed by atoms with Crippen LogP contribution in [0, 0.1) is 0 Å². The van der Waals surface area contributed by atoms with Crippen LogP contribution in [-0.2, 0) is 22.5 Å². The lowest BCUT2D eigenvalue weighted by atomic mass is 9.90. The van der Waals surface area contributed by atoms with E-state index in [9.17, 15) is 10.2 Å². The second kappa shape index (κ2) is 4.07. The van der Waals surface area contributed by atoms with Gasteiger partial charge < -0.3 is 19.7 Å². The second-order valence-corrected chi connectivity index (χ2v) is 4.79. The molecule has 2 aliphatic heterocycles. The molecule has 2 heterocycles. The molecule has 4 nitrogen and oxygen atoms in total. The summed E-state index contributed by atoms with van der Waals surface area (Å²) < 4.78 is 11.4. The van der Waals surface area contributed by atoms with Crippen molar-refractivity contribution in [2.45, 2.75) is 37.4 Å². The summed E-state index contributed by atoms with van der Waals surface area (Å²) in [5.41, 5.74) is 2.37. The Labute approximate surface area is 99.8 Å². The summed E-state index contributed by atoms with van der Waals surface area (Å²) in [6.45, 7) is 0.627. The Morgan fingerprint density at radius 2 is 1.82 bits per heavy atom. The van der Waals surface area contributed by atoms with Gasteiger partial charge in [0.15, 0.2) is 5.79 Å². The molecule has 1 aromatic carbocycles. The molecule has 0 amide bonds. The third kappa shape index (κ3) is 1.98. The fourth-order valence-corrected chi connectivity index (χ4v) is 2.51. The van der Waals surface area contributed by atoms with E-state index >= 15 is 0 Å². The Bertz CT molecular complexity index is 420. The van der Waals surface area contributed by atoms with Gasteiger partial charge in [-0.05, 0) is 11.1 Å². The molecule has 2 N–H and O–H groups in total. The van der Waals surface area contributed by atoms with Crippen molar-refractivity contribution in [1.82, 2.24) is 0 Å². The summed E-state index contributed by atoms with van der Waals surface area (Å²) in [4.78, 5) is 0.